The smallest absolute Gasteiger partial charge is 0.243 e. The van der Waals surface area contributed by atoms with Crippen molar-refractivity contribution in [2.45, 2.75) is 51.3 Å². The van der Waals surface area contributed by atoms with E-state index in [-0.39, 0.29) is 17.3 Å². The van der Waals surface area contributed by atoms with Gasteiger partial charge in [0.05, 0.1) is 11.4 Å². The minimum absolute atomic E-state index is 0.0835. The molecule has 0 aromatic heterocycles. The molecule has 2 rings (SSSR count). The molecule has 0 aliphatic carbocycles. The molecule has 1 aliphatic heterocycles. The Kier molecular flexibility index (Phi) is 8.92. The van der Waals surface area contributed by atoms with Crippen LogP contribution in [0.25, 0.3) is 0 Å². The van der Waals surface area contributed by atoms with Gasteiger partial charge in [0.2, 0.25) is 15.9 Å². The number of piperazine rings is 1. The summed E-state index contributed by atoms with van der Waals surface area (Å²) in [4.78, 5) is 14.7. The molecule has 28 heavy (non-hydrogen) atoms. The maximum Gasteiger partial charge on any atom is 0.243 e. The highest BCUT2D eigenvalue weighted by Crippen LogP contribution is 2.19. The molecular weight excluding hydrogens is 374 g/mol. The fourth-order valence-electron chi connectivity index (χ4n) is 3.41. The summed E-state index contributed by atoms with van der Waals surface area (Å²) in [5, 5.41) is 3.21. The highest BCUT2D eigenvalue weighted by Gasteiger charge is 2.28. The summed E-state index contributed by atoms with van der Waals surface area (Å²) in [6, 6.07) is 7.12. The molecule has 0 unspecified atom stereocenters. The average molecular weight is 410 g/mol. The fraction of sp³-hybridized carbons (Fsp3) is 0.667. The number of hydrogen-bond donors (Lipinski definition) is 1. The van der Waals surface area contributed by atoms with Crippen LogP contribution in [0.5, 0.6) is 0 Å². The van der Waals surface area contributed by atoms with E-state index in [4.69, 9.17) is 0 Å². The number of hydrogen-bond acceptors (Lipinski definition) is 4. The monoisotopic (exact) mass is 409 g/mol. The van der Waals surface area contributed by atoms with Crippen LogP contribution >= 0.6 is 0 Å². The quantitative estimate of drug-likeness (QED) is 0.603. The molecule has 7 heteroatoms. The number of rotatable bonds is 10. The minimum atomic E-state index is -3.69. The van der Waals surface area contributed by atoms with Crippen LogP contribution < -0.4 is 5.32 Å². The molecule has 1 saturated heterocycles. The van der Waals surface area contributed by atoms with E-state index < -0.39 is 10.0 Å². The van der Waals surface area contributed by atoms with Gasteiger partial charge in [-0.2, -0.15) is 4.31 Å². The molecule has 1 aromatic rings. The van der Waals surface area contributed by atoms with Crippen LogP contribution in [0.3, 0.4) is 0 Å². The number of nitrogens with zero attached hydrogens (tertiary/aromatic N) is 2. The lowest BCUT2D eigenvalue weighted by Crippen LogP contribution is -2.50. The van der Waals surface area contributed by atoms with Crippen molar-refractivity contribution in [1.82, 2.24) is 14.5 Å². The van der Waals surface area contributed by atoms with Gasteiger partial charge < -0.3 is 10.2 Å². The minimum Gasteiger partial charge on any atom is -0.339 e. The largest absolute Gasteiger partial charge is 0.339 e. The van der Waals surface area contributed by atoms with Gasteiger partial charge in [0.15, 0.2) is 0 Å². The first-order valence-corrected chi connectivity index (χ1v) is 11.9. The standard InChI is InChI=1S/C21H35N3O3S/c1-4-5-6-13-24(17-21(25)23-14-11-22-12-15-23)28(26,27)20-9-7-19(8-10-20)16-18(2)3/h7-10,18,22H,4-6,11-17H2,1-3H3. The maximum absolute atomic E-state index is 13.2. The summed E-state index contributed by atoms with van der Waals surface area (Å²) in [5.74, 6) is 0.405. The number of carbonyl (C=O) groups excluding carboxylic acids is 1. The van der Waals surface area contributed by atoms with Crippen LogP contribution in [0.15, 0.2) is 29.2 Å². The molecule has 1 fully saturated rings. The van der Waals surface area contributed by atoms with Gasteiger partial charge in [-0.25, -0.2) is 8.42 Å². The van der Waals surface area contributed by atoms with Crippen molar-refractivity contribution in [3.05, 3.63) is 29.8 Å². The molecule has 1 aliphatic rings. The second kappa shape index (κ2) is 10.9. The molecule has 1 heterocycles. The van der Waals surface area contributed by atoms with E-state index in [2.05, 4.69) is 26.1 Å². The number of benzene rings is 1. The molecular formula is C21H35N3O3S. The molecule has 0 spiro atoms. The fourth-order valence-corrected chi connectivity index (χ4v) is 4.83. The van der Waals surface area contributed by atoms with Crippen molar-refractivity contribution in [2.75, 3.05) is 39.3 Å². The molecule has 158 valence electrons. The van der Waals surface area contributed by atoms with E-state index >= 15 is 0 Å². The SMILES string of the molecule is CCCCCN(CC(=O)N1CCNCC1)S(=O)(=O)c1ccc(CC(C)C)cc1. The van der Waals surface area contributed by atoms with Gasteiger partial charge in [0.1, 0.15) is 0 Å². The number of unbranched alkanes of at least 4 members (excludes halogenated alkanes) is 2. The van der Waals surface area contributed by atoms with E-state index in [1.807, 2.05) is 12.1 Å². The Labute approximate surface area is 170 Å². The Balaban J connectivity index is 2.15. The maximum atomic E-state index is 13.2. The predicted molar refractivity (Wildman–Crippen MR) is 113 cm³/mol. The molecule has 1 N–H and O–H groups in total. The summed E-state index contributed by atoms with van der Waals surface area (Å²) < 4.78 is 27.8. The van der Waals surface area contributed by atoms with Gasteiger partial charge in [0.25, 0.3) is 0 Å². The molecule has 1 aromatic carbocycles. The van der Waals surface area contributed by atoms with Crippen molar-refractivity contribution in [1.29, 1.82) is 0 Å². The molecule has 6 nitrogen and oxygen atoms in total. The first kappa shape index (κ1) is 22.8. The van der Waals surface area contributed by atoms with E-state index in [1.165, 1.54) is 4.31 Å². The first-order valence-electron chi connectivity index (χ1n) is 10.4. The Morgan fingerprint density at radius 1 is 1.14 bits per heavy atom. The third-order valence-corrected chi connectivity index (χ3v) is 6.86. The van der Waals surface area contributed by atoms with Gasteiger partial charge in [-0.1, -0.05) is 45.7 Å². The number of sulfonamides is 1. The zero-order valence-electron chi connectivity index (χ0n) is 17.5. The third kappa shape index (κ3) is 6.57. The highest BCUT2D eigenvalue weighted by molar-refractivity contribution is 7.89. The van der Waals surface area contributed by atoms with Crippen LogP contribution in [-0.2, 0) is 21.2 Å². The normalized spacial score (nSPS) is 15.4. The lowest BCUT2D eigenvalue weighted by molar-refractivity contribution is -0.131. The van der Waals surface area contributed by atoms with Crippen molar-refractivity contribution in [2.24, 2.45) is 5.92 Å². The zero-order valence-corrected chi connectivity index (χ0v) is 18.3. The van der Waals surface area contributed by atoms with E-state index in [0.29, 0.717) is 25.6 Å². The van der Waals surface area contributed by atoms with Crippen LogP contribution in [0.2, 0.25) is 0 Å². The second-order valence-electron chi connectivity index (χ2n) is 7.92. The lowest BCUT2D eigenvalue weighted by Gasteiger charge is -2.30. The third-order valence-electron chi connectivity index (χ3n) is 5.00. The van der Waals surface area contributed by atoms with Crippen molar-refractivity contribution >= 4 is 15.9 Å². The van der Waals surface area contributed by atoms with Crippen molar-refractivity contribution < 1.29 is 13.2 Å². The van der Waals surface area contributed by atoms with Gasteiger partial charge in [-0.3, -0.25) is 4.79 Å². The van der Waals surface area contributed by atoms with Crippen LogP contribution in [0.4, 0.5) is 0 Å². The van der Waals surface area contributed by atoms with Gasteiger partial charge in [0, 0.05) is 32.7 Å². The topological polar surface area (TPSA) is 69.7 Å². The zero-order chi connectivity index (χ0) is 20.6. The Morgan fingerprint density at radius 2 is 1.79 bits per heavy atom. The Morgan fingerprint density at radius 3 is 2.36 bits per heavy atom. The summed E-state index contributed by atoms with van der Waals surface area (Å²) in [6.07, 6.45) is 3.63. The lowest BCUT2D eigenvalue weighted by atomic mass is 10.0. The molecule has 0 radical (unpaired) electrons. The summed E-state index contributed by atoms with van der Waals surface area (Å²) in [6.45, 7) is 9.43. The van der Waals surface area contributed by atoms with Crippen molar-refractivity contribution in [3.63, 3.8) is 0 Å². The molecule has 0 bridgehead atoms. The van der Waals surface area contributed by atoms with Crippen LogP contribution in [0, 0.1) is 5.92 Å². The van der Waals surface area contributed by atoms with Gasteiger partial charge in [-0.15, -0.1) is 0 Å². The van der Waals surface area contributed by atoms with E-state index in [0.717, 1.165) is 44.3 Å². The summed E-state index contributed by atoms with van der Waals surface area (Å²) in [7, 11) is -3.69. The van der Waals surface area contributed by atoms with Crippen molar-refractivity contribution in [3.8, 4) is 0 Å². The molecule has 0 saturated carbocycles. The average Bonchev–Trinajstić information content (AvgIpc) is 2.68. The number of nitrogens with one attached hydrogen (secondary N) is 1. The first-order chi connectivity index (χ1) is 13.3. The Bertz CT molecular complexity index is 711. The number of carbonyl (C=O) groups is 1. The van der Waals surface area contributed by atoms with Gasteiger partial charge >= 0.3 is 0 Å². The summed E-state index contributed by atoms with van der Waals surface area (Å²) in [5.41, 5.74) is 1.13. The van der Waals surface area contributed by atoms with E-state index in [9.17, 15) is 13.2 Å². The summed E-state index contributed by atoms with van der Waals surface area (Å²) >= 11 is 0. The second-order valence-corrected chi connectivity index (χ2v) is 9.86. The van der Waals surface area contributed by atoms with Crippen LogP contribution in [-0.4, -0.2) is 62.8 Å². The van der Waals surface area contributed by atoms with Crippen LogP contribution in [0.1, 0.15) is 45.6 Å². The molecule has 0 atom stereocenters. The van der Waals surface area contributed by atoms with Gasteiger partial charge in [-0.05, 0) is 36.5 Å². The number of amides is 1. The van der Waals surface area contributed by atoms with E-state index in [1.54, 1.807) is 17.0 Å². The Hall–Kier alpha value is -1.44. The highest BCUT2D eigenvalue weighted by atomic mass is 32.2. The predicted octanol–water partition coefficient (Wildman–Crippen LogP) is 2.50. The molecule has 1 amide bonds.